The van der Waals surface area contributed by atoms with Crippen molar-refractivity contribution in [2.75, 3.05) is 24.5 Å². The summed E-state index contributed by atoms with van der Waals surface area (Å²) in [6.45, 7) is 1.57. The fourth-order valence-electron chi connectivity index (χ4n) is 3.61. The molecule has 2 aromatic rings. The Balaban J connectivity index is 1.36. The number of hydrogen-bond acceptors (Lipinski definition) is 4. The SMILES string of the molecule is O=C(C1CC(=O)N(c2ccc(Cl)cc2)C1)N1CCC(Oc2ccccn2)C1. The molecule has 3 heterocycles. The Bertz CT molecular complexity index is 828. The molecule has 6 nitrogen and oxygen atoms in total. The second-order valence-electron chi connectivity index (χ2n) is 6.86. The number of nitrogens with zero attached hydrogens (tertiary/aromatic N) is 3. The molecule has 4 rings (SSSR count). The molecule has 0 aliphatic carbocycles. The highest BCUT2D eigenvalue weighted by Crippen LogP contribution is 2.28. The molecule has 1 aromatic heterocycles. The Kier molecular flexibility index (Phi) is 4.99. The summed E-state index contributed by atoms with van der Waals surface area (Å²) in [5.74, 6) is 0.242. The first kappa shape index (κ1) is 17.8. The van der Waals surface area contributed by atoms with Crippen molar-refractivity contribution in [3.63, 3.8) is 0 Å². The maximum absolute atomic E-state index is 12.9. The molecule has 1 aromatic carbocycles. The van der Waals surface area contributed by atoms with Gasteiger partial charge in [-0.1, -0.05) is 17.7 Å². The number of aromatic nitrogens is 1. The van der Waals surface area contributed by atoms with Crippen LogP contribution in [0.1, 0.15) is 12.8 Å². The first-order valence-corrected chi connectivity index (χ1v) is 9.40. The Hall–Kier alpha value is -2.60. The quantitative estimate of drug-likeness (QED) is 0.811. The highest BCUT2D eigenvalue weighted by molar-refractivity contribution is 6.30. The van der Waals surface area contributed by atoms with E-state index >= 15 is 0 Å². The van der Waals surface area contributed by atoms with Gasteiger partial charge in [0.05, 0.1) is 12.5 Å². The average molecular weight is 386 g/mol. The number of pyridine rings is 1. The van der Waals surface area contributed by atoms with Gasteiger partial charge in [0.25, 0.3) is 0 Å². The largest absolute Gasteiger partial charge is 0.472 e. The van der Waals surface area contributed by atoms with Gasteiger partial charge in [0.15, 0.2) is 0 Å². The van der Waals surface area contributed by atoms with E-state index in [1.54, 1.807) is 40.3 Å². The van der Waals surface area contributed by atoms with Crippen LogP contribution >= 0.6 is 11.6 Å². The minimum Gasteiger partial charge on any atom is -0.472 e. The number of ether oxygens (including phenoxy) is 1. The second-order valence-corrected chi connectivity index (χ2v) is 7.30. The molecule has 2 atom stereocenters. The Morgan fingerprint density at radius 2 is 1.96 bits per heavy atom. The van der Waals surface area contributed by atoms with Gasteiger partial charge in [-0.25, -0.2) is 4.98 Å². The summed E-state index contributed by atoms with van der Waals surface area (Å²) in [4.78, 5) is 32.9. The fraction of sp³-hybridized carbons (Fsp3) is 0.350. The van der Waals surface area contributed by atoms with Crippen molar-refractivity contribution in [2.24, 2.45) is 5.92 Å². The van der Waals surface area contributed by atoms with Crippen LogP contribution in [0.5, 0.6) is 5.88 Å². The zero-order chi connectivity index (χ0) is 18.8. The third kappa shape index (κ3) is 3.90. The van der Waals surface area contributed by atoms with Crippen molar-refractivity contribution in [3.8, 4) is 5.88 Å². The lowest BCUT2D eigenvalue weighted by molar-refractivity contribution is -0.135. The smallest absolute Gasteiger partial charge is 0.228 e. The normalized spacial score (nSPS) is 22.3. The summed E-state index contributed by atoms with van der Waals surface area (Å²) in [5.41, 5.74) is 0.775. The van der Waals surface area contributed by atoms with Crippen molar-refractivity contribution in [2.45, 2.75) is 18.9 Å². The second kappa shape index (κ2) is 7.56. The molecule has 7 heteroatoms. The molecule has 0 saturated carbocycles. The predicted octanol–water partition coefficient (Wildman–Crippen LogP) is 2.77. The molecule has 2 saturated heterocycles. The molecule has 0 spiro atoms. The van der Waals surface area contributed by atoms with Crippen LogP contribution in [-0.4, -0.2) is 47.4 Å². The Morgan fingerprint density at radius 1 is 1.15 bits per heavy atom. The number of carbonyl (C=O) groups excluding carboxylic acids is 2. The van der Waals surface area contributed by atoms with E-state index in [9.17, 15) is 9.59 Å². The zero-order valence-electron chi connectivity index (χ0n) is 14.8. The number of hydrogen-bond donors (Lipinski definition) is 0. The van der Waals surface area contributed by atoms with Gasteiger partial charge in [-0.2, -0.15) is 0 Å². The van der Waals surface area contributed by atoms with E-state index in [-0.39, 0.29) is 30.3 Å². The highest BCUT2D eigenvalue weighted by Gasteiger charge is 2.39. The van der Waals surface area contributed by atoms with Crippen LogP contribution in [0.3, 0.4) is 0 Å². The van der Waals surface area contributed by atoms with Crippen molar-refractivity contribution in [1.29, 1.82) is 0 Å². The lowest BCUT2D eigenvalue weighted by Gasteiger charge is -2.21. The Morgan fingerprint density at radius 3 is 2.70 bits per heavy atom. The van der Waals surface area contributed by atoms with Crippen LogP contribution in [0, 0.1) is 5.92 Å². The van der Waals surface area contributed by atoms with Crippen LogP contribution in [0.2, 0.25) is 5.02 Å². The van der Waals surface area contributed by atoms with Crippen molar-refractivity contribution < 1.29 is 14.3 Å². The van der Waals surface area contributed by atoms with Crippen LogP contribution in [0.4, 0.5) is 5.69 Å². The lowest BCUT2D eigenvalue weighted by Crippen LogP contribution is -2.37. The number of rotatable bonds is 4. The van der Waals surface area contributed by atoms with Crippen LogP contribution in [-0.2, 0) is 9.59 Å². The van der Waals surface area contributed by atoms with Gasteiger partial charge in [-0.05, 0) is 30.3 Å². The maximum atomic E-state index is 12.9. The number of amides is 2. The molecule has 2 aliphatic rings. The van der Waals surface area contributed by atoms with Gasteiger partial charge in [0.1, 0.15) is 6.10 Å². The highest BCUT2D eigenvalue weighted by atomic mass is 35.5. The van der Waals surface area contributed by atoms with Gasteiger partial charge in [-0.15, -0.1) is 0 Å². The van der Waals surface area contributed by atoms with E-state index in [4.69, 9.17) is 16.3 Å². The summed E-state index contributed by atoms with van der Waals surface area (Å²) in [6, 6.07) is 12.6. The molecular weight excluding hydrogens is 366 g/mol. The molecule has 140 valence electrons. The van der Waals surface area contributed by atoms with Crippen LogP contribution < -0.4 is 9.64 Å². The standard InChI is InChI=1S/C20H20ClN3O3/c21-15-4-6-16(7-5-15)24-12-14(11-19(24)25)20(26)23-10-8-17(13-23)27-18-3-1-2-9-22-18/h1-7,9,14,17H,8,10-13H2. The summed E-state index contributed by atoms with van der Waals surface area (Å²) < 4.78 is 5.85. The third-order valence-corrected chi connectivity index (χ3v) is 5.25. The number of carbonyl (C=O) groups is 2. The molecule has 0 N–H and O–H groups in total. The molecule has 2 aliphatic heterocycles. The molecule has 27 heavy (non-hydrogen) atoms. The minimum atomic E-state index is -0.318. The molecule has 2 amide bonds. The molecule has 0 bridgehead atoms. The monoisotopic (exact) mass is 385 g/mol. The minimum absolute atomic E-state index is 0.0203. The van der Waals surface area contributed by atoms with Gasteiger partial charge in [0.2, 0.25) is 17.7 Å². The van der Waals surface area contributed by atoms with Crippen molar-refractivity contribution in [3.05, 3.63) is 53.7 Å². The average Bonchev–Trinajstić information content (AvgIpc) is 3.30. The number of anilines is 1. The Labute approximate surface area is 162 Å². The first-order chi connectivity index (χ1) is 13.1. The number of likely N-dealkylation sites (tertiary alicyclic amines) is 1. The van der Waals surface area contributed by atoms with E-state index in [1.165, 1.54) is 0 Å². The topological polar surface area (TPSA) is 62.7 Å². The van der Waals surface area contributed by atoms with Gasteiger partial charge in [0, 0.05) is 48.9 Å². The first-order valence-electron chi connectivity index (χ1n) is 9.02. The van der Waals surface area contributed by atoms with E-state index in [0.29, 0.717) is 30.5 Å². The van der Waals surface area contributed by atoms with E-state index in [1.807, 2.05) is 18.2 Å². The molecule has 2 unspecified atom stereocenters. The van der Waals surface area contributed by atoms with Gasteiger partial charge >= 0.3 is 0 Å². The van der Waals surface area contributed by atoms with Crippen molar-refractivity contribution >= 4 is 29.1 Å². The predicted molar refractivity (Wildman–Crippen MR) is 102 cm³/mol. The third-order valence-electron chi connectivity index (χ3n) is 4.99. The van der Waals surface area contributed by atoms with E-state index in [2.05, 4.69) is 4.98 Å². The summed E-state index contributed by atoms with van der Waals surface area (Å²) in [6.07, 6.45) is 2.63. The number of benzene rings is 1. The lowest BCUT2D eigenvalue weighted by atomic mass is 10.1. The van der Waals surface area contributed by atoms with Gasteiger partial charge in [-0.3, -0.25) is 9.59 Å². The van der Waals surface area contributed by atoms with E-state index in [0.717, 1.165) is 12.1 Å². The maximum Gasteiger partial charge on any atom is 0.228 e. The van der Waals surface area contributed by atoms with E-state index < -0.39 is 0 Å². The van der Waals surface area contributed by atoms with Crippen molar-refractivity contribution in [1.82, 2.24) is 9.88 Å². The zero-order valence-corrected chi connectivity index (χ0v) is 15.5. The molecule has 2 fully saturated rings. The summed E-state index contributed by atoms with van der Waals surface area (Å²) in [7, 11) is 0. The molecular formula is C20H20ClN3O3. The van der Waals surface area contributed by atoms with Crippen LogP contribution in [0.15, 0.2) is 48.7 Å². The van der Waals surface area contributed by atoms with Gasteiger partial charge < -0.3 is 14.5 Å². The summed E-state index contributed by atoms with van der Waals surface area (Å²) >= 11 is 5.91. The molecule has 0 radical (unpaired) electrons. The summed E-state index contributed by atoms with van der Waals surface area (Å²) in [5, 5.41) is 0.619. The van der Waals surface area contributed by atoms with Crippen LogP contribution in [0.25, 0.3) is 0 Å². The number of halogens is 1. The fourth-order valence-corrected chi connectivity index (χ4v) is 3.74.